The van der Waals surface area contributed by atoms with Crippen molar-refractivity contribution in [3.05, 3.63) is 0 Å². The van der Waals surface area contributed by atoms with Gasteiger partial charge in [-0.05, 0) is 12.8 Å². The first-order valence-electron chi connectivity index (χ1n) is 4.30. The van der Waals surface area contributed by atoms with Crippen LogP contribution in [0.1, 0.15) is 32.1 Å². The molecule has 0 aromatic carbocycles. The predicted molar refractivity (Wildman–Crippen MR) is 46.2 cm³/mol. The van der Waals surface area contributed by atoms with Crippen molar-refractivity contribution in [2.75, 3.05) is 13.7 Å². The third-order valence-electron chi connectivity index (χ3n) is 2.54. The highest BCUT2D eigenvalue weighted by Crippen LogP contribution is 2.35. The highest BCUT2D eigenvalue weighted by atomic mass is 16.5. The van der Waals surface area contributed by atoms with Gasteiger partial charge in [-0.25, -0.2) is 0 Å². The number of ether oxygens (including phenoxy) is 1. The molecule has 0 spiro atoms. The maximum Gasteiger partial charge on any atom is 0.0628 e. The molecular formula is C10H16O. The molecule has 1 fully saturated rings. The largest absolute Gasteiger partial charge is 0.383 e. The molecule has 1 nitrogen and oxygen atoms in total. The minimum absolute atomic E-state index is 0.0764. The third kappa shape index (κ3) is 1.97. The Kier molecular flexibility index (Phi) is 2.96. The van der Waals surface area contributed by atoms with Crippen LogP contribution in [0, 0.1) is 17.8 Å². The Hall–Kier alpha value is -0.480. The zero-order chi connectivity index (χ0) is 8.16. The Morgan fingerprint density at radius 3 is 2.45 bits per heavy atom. The SMILES string of the molecule is C#CC1(COC)CCCCC1. The molecule has 0 aromatic rings. The van der Waals surface area contributed by atoms with Crippen LogP contribution < -0.4 is 0 Å². The molecule has 0 unspecified atom stereocenters. The Bertz CT molecular complexity index is 143. The van der Waals surface area contributed by atoms with Crippen molar-refractivity contribution in [1.82, 2.24) is 0 Å². The first kappa shape index (κ1) is 8.62. The van der Waals surface area contributed by atoms with E-state index in [1.165, 1.54) is 19.3 Å². The summed E-state index contributed by atoms with van der Waals surface area (Å²) in [6.45, 7) is 0.740. The number of hydrogen-bond donors (Lipinski definition) is 0. The standard InChI is InChI=1S/C10H16O/c1-3-10(9-11-2)7-5-4-6-8-10/h1H,4-9H2,2H3. The van der Waals surface area contributed by atoms with Gasteiger partial charge in [0, 0.05) is 7.11 Å². The maximum atomic E-state index is 5.49. The van der Waals surface area contributed by atoms with Gasteiger partial charge in [0.2, 0.25) is 0 Å². The van der Waals surface area contributed by atoms with Gasteiger partial charge in [-0.2, -0.15) is 0 Å². The molecule has 0 aliphatic heterocycles. The average molecular weight is 152 g/mol. The minimum Gasteiger partial charge on any atom is -0.383 e. The van der Waals surface area contributed by atoms with Gasteiger partial charge >= 0.3 is 0 Å². The summed E-state index contributed by atoms with van der Waals surface area (Å²) in [5, 5.41) is 0. The van der Waals surface area contributed by atoms with Gasteiger partial charge in [-0.15, -0.1) is 6.42 Å². The van der Waals surface area contributed by atoms with Gasteiger partial charge < -0.3 is 4.74 Å². The molecular weight excluding hydrogens is 136 g/mol. The average Bonchev–Trinajstić information content (AvgIpc) is 2.07. The molecule has 11 heavy (non-hydrogen) atoms. The summed E-state index contributed by atoms with van der Waals surface area (Å²) in [5.41, 5.74) is 0.0764. The summed E-state index contributed by atoms with van der Waals surface area (Å²) in [7, 11) is 1.73. The fourth-order valence-corrected chi connectivity index (χ4v) is 1.84. The maximum absolute atomic E-state index is 5.49. The molecule has 0 saturated heterocycles. The highest BCUT2D eigenvalue weighted by molar-refractivity contribution is 5.06. The van der Waals surface area contributed by atoms with Crippen molar-refractivity contribution >= 4 is 0 Å². The number of hydrogen-bond acceptors (Lipinski definition) is 1. The lowest BCUT2D eigenvalue weighted by Crippen LogP contribution is -2.27. The van der Waals surface area contributed by atoms with E-state index in [0.717, 1.165) is 19.4 Å². The quantitative estimate of drug-likeness (QED) is 0.551. The molecule has 0 aromatic heterocycles. The van der Waals surface area contributed by atoms with E-state index in [9.17, 15) is 0 Å². The van der Waals surface area contributed by atoms with Crippen LogP contribution in [0.5, 0.6) is 0 Å². The second kappa shape index (κ2) is 3.78. The van der Waals surface area contributed by atoms with Crippen molar-refractivity contribution in [3.8, 4) is 12.3 Å². The van der Waals surface area contributed by atoms with Crippen LogP contribution in [0.4, 0.5) is 0 Å². The lowest BCUT2D eigenvalue weighted by Gasteiger charge is -2.31. The topological polar surface area (TPSA) is 9.23 Å². The van der Waals surface area contributed by atoms with Gasteiger partial charge in [-0.1, -0.05) is 25.2 Å². The van der Waals surface area contributed by atoms with Gasteiger partial charge in [0.1, 0.15) is 0 Å². The molecule has 0 amide bonds. The van der Waals surface area contributed by atoms with Crippen molar-refractivity contribution < 1.29 is 4.74 Å². The second-order valence-electron chi connectivity index (χ2n) is 3.42. The molecule has 0 radical (unpaired) electrons. The van der Waals surface area contributed by atoms with Crippen LogP contribution in [0.15, 0.2) is 0 Å². The van der Waals surface area contributed by atoms with Crippen LogP contribution in [-0.4, -0.2) is 13.7 Å². The Balaban J connectivity index is 2.51. The summed E-state index contributed by atoms with van der Waals surface area (Å²) in [5.74, 6) is 2.89. The molecule has 0 atom stereocenters. The van der Waals surface area contributed by atoms with Crippen LogP contribution in [0.2, 0.25) is 0 Å². The molecule has 0 heterocycles. The molecule has 1 saturated carbocycles. The number of rotatable bonds is 2. The first-order valence-corrected chi connectivity index (χ1v) is 4.30. The summed E-state index contributed by atoms with van der Waals surface area (Å²) in [6.07, 6.45) is 11.7. The van der Waals surface area contributed by atoms with E-state index in [2.05, 4.69) is 5.92 Å². The van der Waals surface area contributed by atoms with Crippen molar-refractivity contribution in [1.29, 1.82) is 0 Å². The van der Waals surface area contributed by atoms with Crippen LogP contribution in [0.25, 0.3) is 0 Å². The van der Waals surface area contributed by atoms with Gasteiger partial charge in [0.25, 0.3) is 0 Å². The Morgan fingerprint density at radius 1 is 1.36 bits per heavy atom. The minimum atomic E-state index is 0.0764. The highest BCUT2D eigenvalue weighted by Gasteiger charge is 2.29. The molecule has 0 N–H and O–H groups in total. The normalized spacial score (nSPS) is 22.5. The lowest BCUT2D eigenvalue weighted by atomic mass is 9.75. The van der Waals surface area contributed by atoms with E-state index in [-0.39, 0.29) is 5.41 Å². The summed E-state index contributed by atoms with van der Waals surface area (Å²) >= 11 is 0. The van der Waals surface area contributed by atoms with Crippen molar-refractivity contribution in [2.45, 2.75) is 32.1 Å². The Labute approximate surface area is 69.1 Å². The van der Waals surface area contributed by atoms with E-state index in [1.807, 2.05) is 0 Å². The van der Waals surface area contributed by atoms with E-state index in [0.29, 0.717) is 0 Å². The molecule has 0 bridgehead atoms. The molecule has 1 heteroatoms. The zero-order valence-electron chi connectivity index (χ0n) is 7.23. The van der Waals surface area contributed by atoms with E-state index >= 15 is 0 Å². The fourth-order valence-electron chi connectivity index (χ4n) is 1.84. The van der Waals surface area contributed by atoms with E-state index in [4.69, 9.17) is 11.2 Å². The predicted octanol–water partition coefficient (Wildman–Crippen LogP) is 2.22. The molecule has 1 aliphatic rings. The van der Waals surface area contributed by atoms with Gasteiger partial charge in [-0.3, -0.25) is 0 Å². The molecule has 1 aliphatic carbocycles. The monoisotopic (exact) mass is 152 g/mol. The lowest BCUT2D eigenvalue weighted by molar-refractivity contribution is 0.0904. The summed E-state index contributed by atoms with van der Waals surface area (Å²) in [6, 6.07) is 0. The van der Waals surface area contributed by atoms with E-state index < -0.39 is 0 Å². The molecule has 62 valence electrons. The van der Waals surface area contributed by atoms with Crippen molar-refractivity contribution in [3.63, 3.8) is 0 Å². The second-order valence-corrected chi connectivity index (χ2v) is 3.42. The van der Waals surface area contributed by atoms with Crippen LogP contribution >= 0.6 is 0 Å². The molecule has 1 rings (SSSR count). The van der Waals surface area contributed by atoms with Crippen LogP contribution in [0.3, 0.4) is 0 Å². The summed E-state index contributed by atoms with van der Waals surface area (Å²) < 4.78 is 5.13. The fraction of sp³-hybridized carbons (Fsp3) is 0.800. The number of terminal acetylenes is 1. The van der Waals surface area contributed by atoms with Gasteiger partial charge in [0.15, 0.2) is 0 Å². The summed E-state index contributed by atoms with van der Waals surface area (Å²) in [4.78, 5) is 0. The number of methoxy groups -OCH3 is 1. The Morgan fingerprint density at radius 2 is 2.00 bits per heavy atom. The smallest absolute Gasteiger partial charge is 0.0628 e. The first-order chi connectivity index (χ1) is 5.33. The van der Waals surface area contributed by atoms with Crippen molar-refractivity contribution in [2.24, 2.45) is 5.41 Å². The third-order valence-corrected chi connectivity index (χ3v) is 2.54. The zero-order valence-corrected chi connectivity index (χ0v) is 7.23. The van der Waals surface area contributed by atoms with Crippen LogP contribution in [-0.2, 0) is 4.74 Å². The van der Waals surface area contributed by atoms with Gasteiger partial charge in [0.05, 0.1) is 12.0 Å². The van der Waals surface area contributed by atoms with E-state index in [1.54, 1.807) is 7.11 Å².